The molecule has 3 rings (SSSR count). The molecule has 2 aromatic carbocycles. The summed E-state index contributed by atoms with van der Waals surface area (Å²) >= 11 is 3.30. The van der Waals surface area contributed by atoms with Crippen molar-refractivity contribution < 1.29 is 14.2 Å². The Morgan fingerprint density at radius 2 is 1.75 bits per heavy atom. The van der Waals surface area contributed by atoms with Crippen molar-refractivity contribution in [2.75, 3.05) is 31.6 Å². The number of piperidine rings is 1. The minimum Gasteiger partial charge on any atom is -0.491 e. The Kier molecular flexibility index (Phi) is 11.8. The van der Waals surface area contributed by atoms with E-state index in [0.29, 0.717) is 31.4 Å². The maximum Gasteiger partial charge on any atom is 0.128 e. The van der Waals surface area contributed by atoms with E-state index in [1.807, 2.05) is 45.2 Å². The fourth-order valence-electron chi connectivity index (χ4n) is 3.82. The summed E-state index contributed by atoms with van der Waals surface area (Å²) in [6.07, 6.45) is 2.29. The molecule has 1 fully saturated rings. The molecule has 0 aromatic heterocycles. The molecule has 1 aliphatic heterocycles. The average Bonchev–Trinajstić information content (AvgIpc) is 2.70. The standard InChI is InChI=1S/C24H32BrFN2O2.2ClH/c1-18(2)30-22-8-6-21(7-9-22)27(3)13-10-24(29)11-14-28(15-12-24)17-19-4-5-20(25)16-23(19)26;;/h4-9,16,18,29H,10-15,17H2,1-3H3;2*1H. The van der Waals surface area contributed by atoms with E-state index in [9.17, 15) is 9.50 Å². The Balaban J connectivity index is 0.00000256. The second-order valence-electron chi connectivity index (χ2n) is 8.57. The zero-order valence-corrected chi connectivity index (χ0v) is 22.1. The van der Waals surface area contributed by atoms with E-state index in [1.54, 1.807) is 0 Å². The van der Waals surface area contributed by atoms with E-state index in [0.717, 1.165) is 35.5 Å². The molecule has 0 unspecified atom stereocenters. The number of rotatable bonds is 8. The molecule has 0 atom stereocenters. The Labute approximate surface area is 212 Å². The first-order valence-electron chi connectivity index (χ1n) is 10.6. The van der Waals surface area contributed by atoms with E-state index in [4.69, 9.17) is 4.74 Å². The number of likely N-dealkylation sites (tertiary alicyclic amines) is 1. The quantitative estimate of drug-likeness (QED) is 0.432. The van der Waals surface area contributed by atoms with Gasteiger partial charge in [-0.05, 0) is 69.5 Å². The Morgan fingerprint density at radius 1 is 1.12 bits per heavy atom. The lowest BCUT2D eigenvalue weighted by Crippen LogP contribution is -2.45. The van der Waals surface area contributed by atoms with Gasteiger partial charge >= 0.3 is 0 Å². The summed E-state index contributed by atoms with van der Waals surface area (Å²) in [7, 11) is 2.05. The predicted molar refractivity (Wildman–Crippen MR) is 138 cm³/mol. The first-order chi connectivity index (χ1) is 14.2. The van der Waals surface area contributed by atoms with Crippen molar-refractivity contribution in [1.29, 1.82) is 0 Å². The number of halogens is 4. The summed E-state index contributed by atoms with van der Waals surface area (Å²) in [6.45, 7) is 6.94. The third kappa shape index (κ3) is 8.38. The molecule has 0 saturated carbocycles. The first-order valence-corrected chi connectivity index (χ1v) is 11.4. The molecule has 180 valence electrons. The van der Waals surface area contributed by atoms with E-state index in [-0.39, 0.29) is 36.7 Å². The highest BCUT2D eigenvalue weighted by Gasteiger charge is 2.32. The van der Waals surface area contributed by atoms with Gasteiger partial charge in [0.05, 0.1) is 11.7 Å². The SMILES string of the molecule is CC(C)Oc1ccc(N(C)CCC2(O)CCN(Cc3ccc(Br)cc3F)CC2)cc1.Cl.Cl. The summed E-state index contributed by atoms with van der Waals surface area (Å²) in [5.41, 5.74) is 1.15. The van der Waals surface area contributed by atoms with Crippen LogP contribution in [-0.4, -0.2) is 48.4 Å². The van der Waals surface area contributed by atoms with E-state index in [1.165, 1.54) is 6.07 Å². The average molecular weight is 552 g/mol. The zero-order valence-electron chi connectivity index (χ0n) is 18.9. The van der Waals surface area contributed by atoms with Crippen LogP contribution in [0, 0.1) is 5.82 Å². The third-order valence-electron chi connectivity index (χ3n) is 5.76. The number of ether oxygens (including phenoxy) is 1. The fraction of sp³-hybridized carbons (Fsp3) is 0.500. The van der Waals surface area contributed by atoms with Gasteiger partial charge in [-0.15, -0.1) is 24.8 Å². The van der Waals surface area contributed by atoms with Crippen LogP contribution >= 0.6 is 40.7 Å². The van der Waals surface area contributed by atoms with Crippen LogP contribution in [-0.2, 0) is 6.54 Å². The van der Waals surface area contributed by atoms with Gasteiger partial charge in [0.25, 0.3) is 0 Å². The van der Waals surface area contributed by atoms with Crippen LogP contribution in [0.5, 0.6) is 5.75 Å². The number of aliphatic hydroxyl groups is 1. The number of benzene rings is 2. The van der Waals surface area contributed by atoms with Gasteiger partial charge in [-0.2, -0.15) is 0 Å². The normalized spacial score (nSPS) is 15.6. The summed E-state index contributed by atoms with van der Waals surface area (Å²) in [6, 6.07) is 13.3. The maximum atomic E-state index is 14.1. The van der Waals surface area contributed by atoms with Crippen molar-refractivity contribution in [3.8, 4) is 5.75 Å². The molecule has 0 radical (unpaired) electrons. The van der Waals surface area contributed by atoms with E-state index >= 15 is 0 Å². The topological polar surface area (TPSA) is 35.9 Å². The molecule has 1 N–H and O–H groups in total. The summed E-state index contributed by atoms with van der Waals surface area (Å²) < 4.78 is 20.5. The van der Waals surface area contributed by atoms with Gasteiger partial charge in [0, 0.05) is 49.0 Å². The lowest BCUT2D eigenvalue weighted by molar-refractivity contribution is -0.0277. The molecule has 0 amide bonds. The molecule has 0 spiro atoms. The summed E-state index contributed by atoms with van der Waals surface area (Å²) in [4.78, 5) is 4.39. The van der Waals surface area contributed by atoms with Crippen LogP contribution in [0.25, 0.3) is 0 Å². The van der Waals surface area contributed by atoms with Crippen molar-refractivity contribution >= 4 is 46.4 Å². The van der Waals surface area contributed by atoms with E-state index in [2.05, 4.69) is 37.9 Å². The lowest BCUT2D eigenvalue weighted by atomic mass is 9.88. The highest BCUT2D eigenvalue weighted by atomic mass is 79.9. The monoisotopic (exact) mass is 550 g/mol. The van der Waals surface area contributed by atoms with Gasteiger partial charge in [-0.25, -0.2) is 4.39 Å². The van der Waals surface area contributed by atoms with Gasteiger partial charge in [-0.1, -0.05) is 22.0 Å². The van der Waals surface area contributed by atoms with Crippen LogP contribution in [0.3, 0.4) is 0 Å². The fourth-order valence-corrected chi connectivity index (χ4v) is 4.16. The molecule has 32 heavy (non-hydrogen) atoms. The van der Waals surface area contributed by atoms with Crippen LogP contribution in [0.1, 0.15) is 38.7 Å². The highest BCUT2D eigenvalue weighted by molar-refractivity contribution is 9.10. The molecule has 1 aliphatic rings. The predicted octanol–water partition coefficient (Wildman–Crippen LogP) is 6.07. The molecule has 2 aromatic rings. The molecule has 4 nitrogen and oxygen atoms in total. The number of hydrogen-bond donors (Lipinski definition) is 1. The Hall–Kier alpha value is -1.05. The van der Waals surface area contributed by atoms with Crippen molar-refractivity contribution in [2.24, 2.45) is 0 Å². The molecule has 1 heterocycles. The minimum atomic E-state index is -0.663. The smallest absolute Gasteiger partial charge is 0.128 e. The molecular formula is C24H34BrCl2FN2O2. The first kappa shape index (κ1) is 29.0. The largest absolute Gasteiger partial charge is 0.491 e. The summed E-state index contributed by atoms with van der Waals surface area (Å²) in [5.74, 6) is 0.687. The number of nitrogens with zero attached hydrogens (tertiary/aromatic N) is 2. The highest BCUT2D eigenvalue weighted by Crippen LogP contribution is 2.28. The molecule has 0 aliphatic carbocycles. The maximum absolute atomic E-state index is 14.1. The van der Waals surface area contributed by atoms with E-state index < -0.39 is 5.60 Å². The minimum absolute atomic E-state index is 0. The van der Waals surface area contributed by atoms with Crippen molar-refractivity contribution in [3.63, 3.8) is 0 Å². The van der Waals surface area contributed by atoms with Gasteiger partial charge in [0.15, 0.2) is 0 Å². The van der Waals surface area contributed by atoms with Gasteiger partial charge in [0.2, 0.25) is 0 Å². The lowest BCUT2D eigenvalue weighted by Gasteiger charge is -2.39. The van der Waals surface area contributed by atoms with Gasteiger partial charge in [-0.3, -0.25) is 4.90 Å². The zero-order chi connectivity index (χ0) is 21.7. The van der Waals surface area contributed by atoms with Crippen molar-refractivity contribution in [1.82, 2.24) is 4.90 Å². The van der Waals surface area contributed by atoms with Gasteiger partial charge < -0.3 is 14.7 Å². The molecule has 1 saturated heterocycles. The second kappa shape index (κ2) is 13.0. The third-order valence-corrected chi connectivity index (χ3v) is 6.25. The molecular weight excluding hydrogens is 518 g/mol. The Bertz CT molecular complexity index is 831. The van der Waals surface area contributed by atoms with Crippen LogP contribution in [0.15, 0.2) is 46.9 Å². The number of anilines is 1. The molecule has 0 bridgehead atoms. The molecule has 8 heteroatoms. The summed E-state index contributed by atoms with van der Waals surface area (Å²) in [5, 5.41) is 11.0. The van der Waals surface area contributed by atoms with Crippen molar-refractivity contribution in [2.45, 2.75) is 51.4 Å². The van der Waals surface area contributed by atoms with Crippen molar-refractivity contribution in [3.05, 3.63) is 58.3 Å². The van der Waals surface area contributed by atoms with Gasteiger partial charge in [0.1, 0.15) is 11.6 Å². The Morgan fingerprint density at radius 3 is 2.31 bits per heavy atom. The number of hydrogen-bond acceptors (Lipinski definition) is 4. The van der Waals surface area contributed by atoms with Crippen LogP contribution < -0.4 is 9.64 Å². The van der Waals surface area contributed by atoms with Crippen LogP contribution in [0.2, 0.25) is 0 Å². The van der Waals surface area contributed by atoms with Crippen LogP contribution in [0.4, 0.5) is 10.1 Å². The second-order valence-corrected chi connectivity index (χ2v) is 9.48.